The number of likely N-dealkylation sites (N-methyl/N-ethyl adjacent to an activating group) is 1. The highest BCUT2D eigenvalue weighted by atomic mass is 35.5. The molecular formula is C39H46ClN5O6. The molecule has 1 saturated heterocycles. The molecule has 2 aliphatic rings. The van der Waals surface area contributed by atoms with Crippen molar-refractivity contribution in [2.75, 3.05) is 62.5 Å². The van der Waals surface area contributed by atoms with Gasteiger partial charge in [0, 0.05) is 73.5 Å². The van der Waals surface area contributed by atoms with E-state index in [9.17, 15) is 19.2 Å². The molecule has 11 nitrogen and oxygen atoms in total. The van der Waals surface area contributed by atoms with Gasteiger partial charge in [-0.2, -0.15) is 0 Å². The summed E-state index contributed by atoms with van der Waals surface area (Å²) in [7, 11) is 2.03. The number of carbonyl (C=O) groups excluding carboxylic acids is 4. The monoisotopic (exact) mass is 715 g/mol. The Bertz CT molecular complexity index is 1930. The Morgan fingerprint density at radius 1 is 1.00 bits per heavy atom. The number of fused-ring (bicyclic) bond motifs is 4. The van der Waals surface area contributed by atoms with Crippen LogP contribution in [0.5, 0.6) is 5.75 Å². The Morgan fingerprint density at radius 3 is 2.45 bits per heavy atom. The molecule has 6 rings (SSSR count). The topological polar surface area (TPSA) is 124 Å². The molecule has 2 amide bonds. The second-order valence-corrected chi connectivity index (χ2v) is 14.1. The number of hydrogen-bond acceptors (Lipinski definition) is 9. The predicted molar refractivity (Wildman–Crippen MR) is 200 cm³/mol. The number of alkyl halides is 1. The second kappa shape index (κ2) is 15.8. The number of nitrogens with zero attached hydrogens (tertiary/aromatic N) is 3. The highest BCUT2D eigenvalue weighted by molar-refractivity contribution is 6.39. The second-order valence-electron chi connectivity index (χ2n) is 13.8. The van der Waals surface area contributed by atoms with Crippen molar-refractivity contribution in [1.29, 1.82) is 0 Å². The first-order valence-electron chi connectivity index (χ1n) is 17.8. The lowest BCUT2D eigenvalue weighted by molar-refractivity contribution is -0.138. The summed E-state index contributed by atoms with van der Waals surface area (Å²) in [4.78, 5) is 58.1. The molecule has 0 radical (unpaired) electrons. The van der Waals surface area contributed by atoms with Gasteiger partial charge < -0.3 is 29.2 Å². The van der Waals surface area contributed by atoms with Crippen LogP contribution in [0.25, 0.3) is 21.7 Å². The van der Waals surface area contributed by atoms with Crippen molar-refractivity contribution in [2.24, 2.45) is 5.92 Å². The molecular weight excluding hydrogens is 670 g/mol. The molecule has 1 aromatic heterocycles. The van der Waals surface area contributed by atoms with Crippen molar-refractivity contribution in [1.82, 2.24) is 15.1 Å². The number of benzene rings is 3. The highest BCUT2D eigenvalue weighted by Gasteiger charge is 2.37. The predicted octanol–water partition coefficient (Wildman–Crippen LogP) is 6.63. The van der Waals surface area contributed by atoms with Gasteiger partial charge in [0.15, 0.2) is 11.5 Å². The van der Waals surface area contributed by atoms with E-state index in [1.165, 1.54) is 0 Å². The zero-order valence-electron chi connectivity index (χ0n) is 29.7. The first-order valence-corrected chi connectivity index (χ1v) is 18.3. The Hall–Kier alpha value is -4.45. The number of unbranched alkanes of at least 4 members (excludes halogenated alkanes) is 1. The van der Waals surface area contributed by atoms with Crippen LogP contribution in [0.1, 0.15) is 62.1 Å². The molecule has 2 atom stereocenters. The normalized spacial score (nSPS) is 16.9. The first kappa shape index (κ1) is 36.3. The summed E-state index contributed by atoms with van der Waals surface area (Å²) in [5.74, 6) is -0.370. The third kappa shape index (κ3) is 7.75. The van der Waals surface area contributed by atoms with Crippen LogP contribution >= 0.6 is 11.6 Å². The van der Waals surface area contributed by atoms with Crippen molar-refractivity contribution >= 4 is 68.3 Å². The molecule has 2 aliphatic heterocycles. The van der Waals surface area contributed by atoms with E-state index in [1.807, 2.05) is 64.2 Å². The van der Waals surface area contributed by atoms with E-state index in [1.54, 1.807) is 28.0 Å². The summed E-state index contributed by atoms with van der Waals surface area (Å²) in [5.41, 5.74) is 2.88. The highest BCUT2D eigenvalue weighted by Crippen LogP contribution is 2.46. The minimum Gasteiger partial charge on any atom is -0.451 e. The van der Waals surface area contributed by atoms with Gasteiger partial charge in [-0.15, -0.1) is 11.6 Å². The van der Waals surface area contributed by atoms with Gasteiger partial charge >= 0.3 is 6.09 Å². The van der Waals surface area contributed by atoms with Crippen molar-refractivity contribution in [3.8, 4) is 5.75 Å². The van der Waals surface area contributed by atoms with Gasteiger partial charge in [0.25, 0.3) is 5.91 Å². The summed E-state index contributed by atoms with van der Waals surface area (Å²) in [6.07, 6.45) is 1.41. The lowest BCUT2D eigenvalue weighted by Crippen LogP contribution is -2.48. The number of hydrogen-bond donors (Lipinski definition) is 2. The summed E-state index contributed by atoms with van der Waals surface area (Å²) in [6, 6.07) is 16.1. The number of anilines is 2. The van der Waals surface area contributed by atoms with Crippen LogP contribution in [0.4, 0.5) is 16.2 Å². The van der Waals surface area contributed by atoms with Gasteiger partial charge in [-0.05, 0) is 54.6 Å². The van der Waals surface area contributed by atoms with Gasteiger partial charge in [-0.25, -0.2) is 4.79 Å². The Kier molecular flexibility index (Phi) is 11.3. The van der Waals surface area contributed by atoms with E-state index in [-0.39, 0.29) is 48.2 Å². The number of halogens is 1. The number of furan rings is 1. The van der Waals surface area contributed by atoms with Crippen molar-refractivity contribution in [3.63, 3.8) is 0 Å². The number of amides is 2. The molecule has 0 spiro atoms. The number of piperazine rings is 1. The zero-order valence-corrected chi connectivity index (χ0v) is 30.4. The maximum Gasteiger partial charge on any atom is 0.415 e. The number of Topliss-reactive ketones (excluding diaryl/α,β-unsaturated/α-hetero) is 2. The molecule has 1 fully saturated rings. The Morgan fingerprint density at radius 2 is 1.75 bits per heavy atom. The standard InChI is InChI=1S/C39H46ClN5O6/c1-5-6-11-31(46)37(47)36(24(2)3)42-23-41-27-12-13-32-25(18-27)19-34(50-32)38(48)45-22-26(21-40)35-29-10-8-7-9-28(29)33(20-30(35)45)51-39(49)44-16-14-43(4)15-17-44/h7-10,12-13,18-20,24,26,36,41-42H,5-6,11,14-17,21-23H2,1-4H3/t26-,36+/m1/s1. The molecule has 0 bridgehead atoms. The average Bonchev–Trinajstić information content (AvgIpc) is 3.73. The SMILES string of the molecule is CCCCC(=O)C(=O)[C@@H](NCNc1ccc2oc(C(=O)N3C[C@@H](CCl)c4c3cc(OC(=O)N3CCN(C)CC3)c3ccccc43)cc2c1)C(C)C. The van der Waals surface area contributed by atoms with E-state index < -0.39 is 12.1 Å². The molecule has 51 heavy (non-hydrogen) atoms. The smallest absolute Gasteiger partial charge is 0.415 e. The van der Waals surface area contributed by atoms with E-state index in [4.69, 9.17) is 20.8 Å². The molecule has 0 aliphatic carbocycles. The third-order valence-corrected chi connectivity index (χ3v) is 10.2. The minimum absolute atomic E-state index is 0.0537. The van der Waals surface area contributed by atoms with Crippen LogP contribution in [-0.4, -0.2) is 91.7 Å². The van der Waals surface area contributed by atoms with E-state index in [0.29, 0.717) is 49.0 Å². The Balaban J connectivity index is 1.21. The molecule has 3 heterocycles. The van der Waals surface area contributed by atoms with Gasteiger partial charge in [-0.1, -0.05) is 51.5 Å². The van der Waals surface area contributed by atoms with Gasteiger partial charge in [0.05, 0.1) is 18.4 Å². The molecule has 0 saturated carbocycles. The Labute approximate surface area is 303 Å². The van der Waals surface area contributed by atoms with Gasteiger partial charge in [-0.3, -0.25) is 19.7 Å². The molecule has 0 unspecified atom stereocenters. The number of carbonyl (C=O) groups is 4. The van der Waals surface area contributed by atoms with Crippen LogP contribution in [0.3, 0.4) is 0 Å². The zero-order chi connectivity index (χ0) is 36.2. The average molecular weight is 716 g/mol. The molecule has 4 aromatic rings. The first-order chi connectivity index (χ1) is 24.6. The maximum atomic E-state index is 14.2. The van der Waals surface area contributed by atoms with Crippen LogP contribution < -0.4 is 20.3 Å². The number of rotatable bonds is 13. The third-order valence-electron chi connectivity index (χ3n) is 9.84. The lowest BCUT2D eigenvalue weighted by Gasteiger charge is -2.31. The summed E-state index contributed by atoms with van der Waals surface area (Å²) < 4.78 is 12.1. The molecule has 2 N–H and O–H groups in total. The lowest BCUT2D eigenvalue weighted by atomic mass is 9.95. The molecule has 270 valence electrons. The summed E-state index contributed by atoms with van der Waals surface area (Å²) in [5, 5.41) is 8.86. The molecule has 12 heteroatoms. The van der Waals surface area contributed by atoms with E-state index in [2.05, 4.69) is 15.5 Å². The van der Waals surface area contributed by atoms with Crippen molar-refractivity contribution in [3.05, 3.63) is 65.9 Å². The summed E-state index contributed by atoms with van der Waals surface area (Å²) in [6.45, 7) is 9.14. The van der Waals surface area contributed by atoms with E-state index >= 15 is 0 Å². The van der Waals surface area contributed by atoms with E-state index in [0.717, 1.165) is 46.9 Å². The number of ether oxygens (including phenoxy) is 1. The van der Waals surface area contributed by atoms with Crippen LogP contribution in [-0.2, 0) is 9.59 Å². The molecule has 3 aromatic carbocycles. The van der Waals surface area contributed by atoms with Crippen LogP contribution in [0.15, 0.2) is 59.0 Å². The van der Waals surface area contributed by atoms with Crippen molar-refractivity contribution < 1.29 is 28.3 Å². The largest absolute Gasteiger partial charge is 0.451 e. The van der Waals surface area contributed by atoms with Gasteiger partial charge in [0.1, 0.15) is 11.3 Å². The number of nitrogens with one attached hydrogen (secondary N) is 2. The van der Waals surface area contributed by atoms with Gasteiger partial charge in [0.2, 0.25) is 5.78 Å². The fraction of sp³-hybridized carbons (Fsp3) is 0.436. The maximum absolute atomic E-state index is 14.2. The minimum atomic E-state index is -0.586. The quantitative estimate of drug-likeness (QED) is 0.0892. The van der Waals surface area contributed by atoms with Crippen LogP contribution in [0, 0.1) is 5.92 Å². The fourth-order valence-corrected chi connectivity index (χ4v) is 7.14. The number of ketones is 2. The fourth-order valence-electron chi connectivity index (χ4n) is 6.88. The summed E-state index contributed by atoms with van der Waals surface area (Å²) >= 11 is 6.50. The van der Waals surface area contributed by atoms with Crippen LogP contribution in [0.2, 0.25) is 0 Å². The van der Waals surface area contributed by atoms with Crippen molar-refractivity contribution in [2.45, 2.75) is 52.0 Å².